The normalized spacial score (nSPS) is 11.4. The fourth-order valence-corrected chi connectivity index (χ4v) is 2.28. The van der Waals surface area contributed by atoms with Gasteiger partial charge in [-0.3, -0.25) is 0 Å². The summed E-state index contributed by atoms with van der Waals surface area (Å²) in [7, 11) is 0. The van der Waals surface area contributed by atoms with Crippen LogP contribution in [0.4, 0.5) is 5.69 Å². The predicted molar refractivity (Wildman–Crippen MR) is 88.7 cm³/mol. The summed E-state index contributed by atoms with van der Waals surface area (Å²) in [6, 6.07) is 14.7. The number of halogens is 1. The van der Waals surface area contributed by atoms with Gasteiger partial charge in [-0.2, -0.15) is 0 Å². The number of hydrogen-bond acceptors (Lipinski definition) is 1. The summed E-state index contributed by atoms with van der Waals surface area (Å²) in [6.45, 7) is 9.59. The third-order valence-electron chi connectivity index (χ3n) is 3.50. The molecule has 1 N–H and O–H groups in total. The Morgan fingerprint density at radius 1 is 1.00 bits per heavy atom. The first-order valence-electron chi connectivity index (χ1n) is 6.96. The Morgan fingerprint density at radius 3 is 2.25 bits per heavy atom. The smallest absolute Gasteiger partial charge is 0.0426 e. The molecule has 0 aliphatic heterocycles. The van der Waals surface area contributed by atoms with Gasteiger partial charge in [0.25, 0.3) is 0 Å². The average Bonchev–Trinajstić information content (AvgIpc) is 2.39. The first kappa shape index (κ1) is 14.9. The maximum atomic E-state index is 6.03. The molecule has 0 aromatic heterocycles. The van der Waals surface area contributed by atoms with E-state index in [2.05, 4.69) is 57.3 Å². The Balaban J connectivity index is 2.06. The van der Waals surface area contributed by atoms with Crippen LogP contribution in [-0.4, -0.2) is 0 Å². The van der Waals surface area contributed by atoms with Crippen molar-refractivity contribution < 1.29 is 0 Å². The van der Waals surface area contributed by atoms with Gasteiger partial charge in [0.15, 0.2) is 0 Å². The summed E-state index contributed by atoms with van der Waals surface area (Å²) < 4.78 is 0. The molecule has 106 valence electrons. The lowest BCUT2D eigenvalue weighted by Crippen LogP contribution is -2.11. The minimum Gasteiger partial charge on any atom is -0.381 e. The molecule has 0 saturated carbocycles. The quantitative estimate of drug-likeness (QED) is 0.779. The highest BCUT2D eigenvalue weighted by molar-refractivity contribution is 6.30. The summed E-state index contributed by atoms with van der Waals surface area (Å²) in [5.74, 6) is 0. The zero-order chi connectivity index (χ0) is 14.8. The van der Waals surface area contributed by atoms with Crippen molar-refractivity contribution in [1.82, 2.24) is 0 Å². The molecule has 0 heterocycles. The second-order valence-electron chi connectivity index (χ2n) is 6.26. The van der Waals surface area contributed by atoms with Crippen molar-refractivity contribution in [1.29, 1.82) is 0 Å². The van der Waals surface area contributed by atoms with E-state index in [9.17, 15) is 0 Å². The fourth-order valence-electron chi connectivity index (χ4n) is 2.10. The van der Waals surface area contributed by atoms with Crippen LogP contribution in [0.5, 0.6) is 0 Å². The molecule has 2 rings (SSSR count). The molecular weight excluding hydrogens is 266 g/mol. The van der Waals surface area contributed by atoms with E-state index >= 15 is 0 Å². The van der Waals surface area contributed by atoms with Crippen LogP contribution in [0.1, 0.15) is 37.5 Å². The van der Waals surface area contributed by atoms with Crippen molar-refractivity contribution in [2.45, 2.75) is 39.7 Å². The van der Waals surface area contributed by atoms with Crippen molar-refractivity contribution in [2.75, 3.05) is 5.32 Å². The van der Waals surface area contributed by atoms with Crippen LogP contribution in [0.25, 0.3) is 0 Å². The molecule has 2 aromatic carbocycles. The van der Waals surface area contributed by atoms with Gasteiger partial charge < -0.3 is 5.32 Å². The summed E-state index contributed by atoms with van der Waals surface area (Å²) in [5.41, 5.74) is 5.14. The van der Waals surface area contributed by atoms with E-state index in [1.165, 1.54) is 16.7 Å². The number of rotatable bonds is 3. The van der Waals surface area contributed by atoms with Gasteiger partial charge in [0.05, 0.1) is 0 Å². The lowest BCUT2D eigenvalue weighted by molar-refractivity contribution is 0.590. The van der Waals surface area contributed by atoms with Gasteiger partial charge in [0.1, 0.15) is 0 Å². The third-order valence-corrected chi connectivity index (χ3v) is 3.74. The zero-order valence-corrected chi connectivity index (χ0v) is 13.4. The molecule has 20 heavy (non-hydrogen) atoms. The highest BCUT2D eigenvalue weighted by Crippen LogP contribution is 2.23. The van der Waals surface area contributed by atoms with Gasteiger partial charge in [-0.1, -0.05) is 62.7 Å². The molecule has 0 fully saturated rings. The Labute approximate surface area is 127 Å². The number of benzene rings is 2. The van der Waals surface area contributed by atoms with E-state index in [0.29, 0.717) is 0 Å². The monoisotopic (exact) mass is 287 g/mol. The van der Waals surface area contributed by atoms with Crippen molar-refractivity contribution in [3.05, 3.63) is 64.2 Å². The van der Waals surface area contributed by atoms with Gasteiger partial charge >= 0.3 is 0 Å². The molecule has 0 bridgehead atoms. The molecule has 0 saturated heterocycles. The minimum absolute atomic E-state index is 0.204. The Bertz CT molecular complexity index is 579. The number of anilines is 1. The van der Waals surface area contributed by atoms with Gasteiger partial charge in [-0.25, -0.2) is 0 Å². The van der Waals surface area contributed by atoms with Crippen LogP contribution in [-0.2, 0) is 12.0 Å². The first-order chi connectivity index (χ1) is 9.36. The predicted octanol–water partition coefficient (Wildman–Crippen LogP) is 5.56. The van der Waals surface area contributed by atoms with Crippen LogP contribution in [0.2, 0.25) is 5.02 Å². The standard InChI is InChI=1S/C18H22ClN/c1-13-5-10-16(19)11-17(13)20-12-14-6-8-15(9-7-14)18(2,3)4/h5-11,20H,12H2,1-4H3. The number of hydrogen-bond donors (Lipinski definition) is 1. The van der Waals surface area contributed by atoms with Gasteiger partial charge in [-0.05, 0) is 41.2 Å². The van der Waals surface area contributed by atoms with Gasteiger partial charge in [0, 0.05) is 17.3 Å². The van der Waals surface area contributed by atoms with Gasteiger partial charge in [-0.15, -0.1) is 0 Å². The van der Waals surface area contributed by atoms with Crippen LogP contribution in [0, 0.1) is 6.92 Å². The van der Waals surface area contributed by atoms with Gasteiger partial charge in [0.2, 0.25) is 0 Å². The summed E-state index contributed by atoms with van der Waals surface area (Å²) >= 11 is 6.03. The highest BCUT2D eigenvalue weighted by atomic mass is 35.5. The van der Waals surface area contributed by atoms with Crippen LogP contribution < -0.4 is 5.32 Å². The lowest BCUT2D eigenvalue weighted by Gasteiger charge is -2.19. The Hall–Kier alpha value is -1.47. The Kier molecular flexibility index (Phi) is 4.39. The second-order valence-corrected chi connectivity index (χ2v) is 6.70. The molecule has 2 heteroatoms. The third kappa shape index (κ3) is 3.77. The number of nitrogens with one attached hydrogen (secondary N) is 1. The SMILES string of the molecule is Cc1ccc(Cl)cc1NCc1ccc(C(C)(C)C)cc1. The van der Waals surface area contributed by atoms with Crippen molar-refractivity contribution >= 4 is 17.3 Å². The maximum absolute atomic E-state index is 6.03. The van der Waals surface area contributed by atoms with Crippen LogP contribution >= 0.6 is 11.6 Å². The summed E-state index contributed by atoms with van der Waals surface area (Å²) in [5, 5.41) is 4.21. The zero-order valence-electron chi connectivity index (χ0n) is 12.6. The summed E-state index contributed by atoms with van der Waals surface area (Å²) in [6.07, 6.45) is 0. The lowest BCUT2D eigenvalue weighted by atomic mass is 9.87. The van der Waals surface area contributed by atoms with E-state index in [1.54, 1.807) is 0 Å². The molecule has 0 spiro atoms. The van der Waals surface area contributed by atoms with E-state index in [1.807, 2.05) is 18.2 Å². The van der Waals surface area contributed by atoms with E-state index in [-0.39, 0.29) is 5.41 Å². The molecule has 0 amide bonds. The summed E-state index contributed by atoms with van der Waals surface area (Å²) in [4.78, 5) is 0. The maximum Gasteiger partial charge on any atom is 0.0426 e. The molecule has 0 radical (unpaired) electrons. The topological polar surface area (TPSA) is 12.0 Å². The fraction of sp³-hybridized carbons (Fsp3) is 0.333. The van der Waals surface area contributed by atoms with Crippen molar-refractivity contribution in [2.24, 2.45) is 0 Å². The Morgan fingerprint density at radius 2 is 1.65 bits per heavy atom. The van der Waals surface area contributed by atoms with E-state index in [4.69, 9.17) is 11.6 Å². The first-order valence-corrected chi connectivity index (χ1v) is 7.33. The van der Waals surface area contributed by atoms with Crippen molar-refractivity contribution in [3.8, 4) is 0 Å². The minimum atomic E-state index is 0.204. The molecular formula is C18H22ClN. The highest BCUT2D eigenvalue weighted by Gasteiger charge is 2.12. The van der Waals surface area contributed by atoms with E-state index < -0.39 is 0 Å². The molecule has 0 unspecified atom stereocenters. The molecule has 0 aliphatic carbocycles. The number of aryl methyl sites for hydroxylation is 1. The largest absolute Gasteiger partial charge is 0.381 e. The molecule has 1 nitrogen and oxygen atoms in total. The van der Waals surface area contributed by atoms with Crippen molar-refractivity contribution in [3.63, 3.8) is 0 Å². The van der Waals surface area contributed by atoms with Crippen LogP contribution in [0.3, 0.4) is 0 Å². The van der Waals surface area contributed by atoms with Crippen LogP contribution in [0.15, 0.2) is 42.5 Å². The van der Waals surface area contributed by atoms with E-state index in [0.717, 1.165) is 17.3 Å². The average molecular weight is 288 g/mol. The second kappa shape index (κ2) is 5.88. The molecule has 0 aliphatic rings. The molecule has 0 atom stereocenters. The molecule has 2 aromatic rings.